The minimum absolute atomic E-state index is 0. The van der Waals surface area contributed by atoms with E-state index in [0.29, 0.717) is 31.0 Å². The number of aryl methyl sites for hydroxylation is 1. The minimum atomic E-state index is 0. The molecule has 1 aromatic rings. The Bertz CT molecular complexity index is 492. The van der Waals surface area contributed by atoms with Crippen molar-refractivity contribution >= 4 is 18.3 Å². The van der Waals surface area contributed by atoms with Gasteiger partial charge in [-0.3, -0.25) is 4.79 Å². The van der Waals surface area contributed by atoms with E-state index in [0.717, 1.165) is 38.1 Å². The van der Waals surface area contributed by atoms with Crippen molar-refractivity contribution in [3.05, 3.63) is 29.8 Å². The number of carbonyl (C=O) groups excluding carboxylic acids is 1. The van der Waals surface area contributed by atoms with Crippen molar-refractivity contribution in [2.75, 3.05) is 19.7 Å². The van der Waals surface area contributed by atoms with Crippen molar-refractivity contribution < 1.29 is 9.53 Å². The van der Waals surface area contributed by atoms with Gasteiger partial charge < -0.3 is 15.0 Å². The maximum Gasteiger partial charge on any atom is 0.223 e. The van der Waals surface area contributed by atoms with Gasteiger partial charge in [0.25, 0.3) is 0 Å². The lowest BCUT2D eigenvalue weighted by molar-refractivity contribution is -0.133. The van der Waals surface area contributed by atoms with Crippen LogP contribution in [0, 0.1) is 0 Å². The highest BCUT2D eigenvalue weighted by Gasteiger charge is 2.37. The van der Waals surface area contributed by atoms with E-state index in [9.17, 15) is 4.79 Å². The Morgan fingerprint density at radius 1 is 1.22 bits per heavy atom. The quantitative estimate of drug-likeness (QED) is 0.897. The van der Waals surface area contributed by atoms with Crippen LogP contribution in [0.25, 0.3) is 0 Å². The molecule has 2 aliphatic heterocycles. The number of nitrogens with zero attached hydrogens (tertiary/aromatic N) is 1. The Morgan fingerprint density at radius 3 is 2.70 bits per heavy atom. The fourth-order valence-corrected chi connectivity index (χ4v) is 3.69. The molecule has 1 amide bonds. The van der Waals surface area contributed by atoms with Gasteiger partial charge in [-0.05, 0) is 56.8 Å². The number of fused-ring (bicyclic) bond motifs is 2. The second kappa shape index (κ2) is 8.55. The van der Waals surface area contributed by atoms with Gasteiger partial charge in [0.15, 0.2) is 0 Å². The molecule has 0 spiro atoms. The molecule has 2 atom stereocenters. The number of ether oxygens (including phenoxy) is 1. The van der Waals surface area contributed by atoms with Crippen LogP contribution in [0.3, 0.4) is 0 Å². The van der Waals surface area contributed by atoms with Crippen LogP contribution in [-0.4, -0.2) is 42.6 Å². The average Bonchev–Trinajstić information content (AvgIpc) is 2.80. The molecule has 128 valence electrons. The van der Waals surface area contributed by atoms with Gasteiger partial charge in [-0.15, -0.1) is 12.4 Å². The van der Waals surface area contributed by atoms with Gasteiger partial charge in [0.1, 0.15) is 5.75 Å². The summed E-state index contributed by atoms with van der Waals surface area (Å²) in [4.78, 5) is 14.8. The zero-order valence-corrected chi connectivity index (χ0v) is 14.6. The highest BCUT2D eigenvalue weighted by atomic mass is 35.5. The molecule has 4 nitrogen and oxygen atoms in total. The van der Waals surface area contributed by atoms with Gasteiger partial charge in [-0.25, -0.2) is 0 Å². The molecule has 0 saturated carbocycles. The lowest BCUT2D eigenvalue weighted by Crippen LogP contribution is -2.42. The first kappa shape index (κ1) is 18.1. The van der Waals surface area contributed by atoms with Gasteiger partial charge in [-0.2, -0.15) is 0 Å². The topological polar surface area (TPSA) is 41.6 Å². The van der Waals surface area contributed by atoms with Gasteiger partial charge in [0.2, 0.25) is 5.91 Å². The Labute approximate surface area is 145 Å². The third kappa shape index (κ3) is 4.39. The Hall–Kier alpha value is -1.26. The summed E-state index contributed by atoms with van der Waals surface area (Å²) in [5.41, 5.74) is 1.21. The summed E-state index contributed by atoms with van der Waals surface area (Å²) >= 11 is 0. The van der Waals surface area contributed by atoms with Crippen LogP contribution in [0.2, 0.25) is 0 Å². The highest BCUT2D eigenvalue weighted by Crippen LogP contribution is 2.28. The van der Waals surface area contributed by atoms with Crippen molar-refractivity contribution in [3.63, 3.8) is 0 Å². The van der Waals surface area contributed by atoms with Crippen LogP contribution >= 0.6 is 12.4 Å². The van der Waals surface area contributed by atoms with Gasteiger partial charge >= 0.3 is 0 Å². The lowest BCUT2D eigenvalue weighted by atomic mass is 10.1. The Balaban J connectivity index is 0.00000192. The Kier molecular flexibility index (Phi) is 6.72. The smallest absolute Gasteiger partial charge is 0.223 e. The van der Waals surface area contributed by atoms with Crippen molar-refractivity contribution in [1.82, 2.24) is 10.2 Å². The zero-order valence-electron chi connectivity index (χ0n) is 13.8. The molecule has 2 saturated heterocycles. The highest BCUT2D eigenvalue weighted by molar-refractivity contribution is 5.85. The summed E-state index contributed by atoms with van der Waals surface area (Å²) in [6.45, 7) is 4.68. The summed E-state index contributed by atoms with van der Waals surface area (Å²) in [5.74, 6) is 1.22. The van der Waals surface area contributed by atoms with Crippen molar-refractivity contribution in [3.8, 4) is 5.75 Å². The van der Waals surface area contributed by atoms with Crippen molar-refractivity contribution in [2.45, 2.75) is 51.1 Å². The predicted molar refractivity (Wildman–Crippen MR) is 94.3 cm³/mol. The molecule has 0 aliphatic carbocycles. The molecule has 2 heterocycles. The number of hydrogen-bond acceptors (Lipinski definition) is 3. The number of halogens is 1. The van der Waals surface area contributed by atoms with Crippen molar-refractivity contribution in [1.29, 1.82) is 0 Å². The number of benzene rings is 1. The fourth-order valence-electron chi connectivity index (χ4n) is 3.69. The largest absolute Gasteiger partial charge is 0.494 e. The first-order chi connectivity index (χ1) is 10.8. The van der Waals surface area contributed by atoms with Crippen LogP contribution in [0.1, 0.15) is 38.2 Å². The first-order valence-electron chi connectivity index (χ1n) is 8.51. The van der Waals surface area contributed by atoms with E-state index >= 15 is 0 Å². The van der Waals surface area contributed by atoms with Gasteiger partial charge in [0.05, 0.1) is 6.61 Å². The number of hydrogen-bond donors (Lipinski definition) is 1. The number of nitrogens with one attached hydrogen (secondary N) is 1. The standard InChI is InChI=1S/C18H26N2O2.ClH/c1-2-22-17-8-3-14(4-9-17)5-10-18(21)20-15-6-7-16(20)13-19-12-11-15;/h3-4,8-9,15-16,19H,2,5-7,10-13H2,1H3;1H. The Morgan fingerprint density at radius 2 is 1.96 bits per heavy atom. The molecule has 1 aromatic carbocycles. The van der Waals surface area contributed by atoms with E-state index in [4.69, 9.17) is 4.74 Å². The van der Waals surface area contributed by atoms with Crippen LogP contribution in [0.5, 0.6) is 5.75 Å². The normalized spacial score (nSPS) is 23.1. The summed E-state index contributed by atoms with van der Waals surface area (Å²) in [6.07, 6.45) is 4.87. The number of rotatable bonds is 5. The predicted octanol–water partition coefficient (Wildman–Crippen LogP) is 2.79. The molecule has 0 aromatic heterocycles. The maximum atomic E-state index is 12.6. The third-order valence-electron chi connectivity index (χ3n) is 4.80. The molecular weight excluding hydrogens is 312 g/mol. The van der Waals surface area contributed by atoms with Crippen LogP contribution in [0.15, 0.2) is 24.3 Å². The van der Waals surface area contributed by atoms with Crippen molar-refractivity contribution in [2.24, 2.45) is 0 Å². The summed E-state index contributed by atoms with van der Waals surface area (Å²) in [7, 11) is 0. The molecule has 2 fully saturated rings. The van der Waals surface area contributed by atoms with E-state index in [-0.39, 0.29) is 12.4 Å². The zero-order chi connectivity index (χ0) is 15.4. The van der Waals surface area contributed by atoms with E-state index in [2.05, 4.69) is 22.3 Å². The fraction of sp³-hybridized carbons (Fsp3) is 0.611. The number of amides is 1. The molecule has 1 N–H and O–H groups in total. The van der Waals surface area contributed by atoms with E-state index in [1.54, 1.807) is 0 Å². The molecule has 2 bridgehead atoms. The molecule has 0 radical (unpaired) electrons. The average molecular weight is 339 g/mol. The third-order valence-corrected chi connectivity index (χ3v) is 4.80. The summed E-state index contributed by atoms with van der Waals surface area (Å²) < 4.78 is 5.45. The first-order valence-corrected chi connectivity index (χ1v) is 8.51. The van der Waals surface area contributed by atoms with Crippen LogP contribution < -0.4 is 10.1 Å². The van der Waals surface area contributed by atoms with Crippen LogP contribution in [0.4, 0.5) is 0 Å². The van der Waals surface area contributed by atoms with Gasteiger partial charge in [-0.1, -0.05) is 12.1 Å². The molecular formula is C18H27ClN2O2. The molecule has 2 aliphatic rings. The lowest BCUT2D eigenvalue weighted by Gasteiger charge is -2.28. The molecule has 23 heavy (non-hydrogen) atoms. The van der Waals surface area contributed by atoms with Crippen LogP contribution in [-0.2, 0) is 11.2 Å². The second-order valence-corrected chi connectivity index (χ2v) is 6.26. The van der Waals surface area contributed by atoms with E-state index < -0.39 is 0 Å². The molecule has 5 heteroatoms. The monoisotopic (exact) mass is 338 g/mol. The second-order valence-electron chi connectivity index (χ2n) is 6.26. The molecule has 3 rings (SSSR count). The number of carbonyl (C=O) groups is 1. The van der Waals surface area contributed by atoms with Gasteiger partial charge in [0, 0.05) is 25.0 Å². The molecule has 2 unspecified atom stereocenters. The maximum absolute atomic E-state index is 12.6. The SMILES string of the molecule is CCOc1ccc(CCC(=O)N2C3CCNCC2CC3)cc1.Cl. The minimum Gasteiger partial charge on any atom is -0.494 e. The van der Waals surface area contributed by atoms with E-state index in [1.165, 1.54) is 12.0 Å². The summed E-state index contributed by atoms with van der Waals surface area (Å²) in [6, 6.07) is 8.99. The van der Waals surface area contributed by atoms with E-state index in [1.807, 2.05) is 19.1 Å². The summed E-state index contributed by atoms with van der Waals surface area (Å²) in [5, 5.41) is 3.45.